The molecule has 5 heteroatoms. The fourth-order valence-electron chi connectivity index (χ4n) is 1.94. The molecule has 2 aromatic rings. The predicted molar refractivity (Wildman–Crippen MR) is 76.9 cm³/mol. The molecule has 0 unspecified atom stereocenters. The standard InChI is InChI=1S/C16H15F2NO2/c1-10-3-8-14(11(2)9-10)19-15(20)12-4-6-13(7-5-12)21-16(17)18/h3-9,16H,1-2H3,(H,19,20). The highest BCUT2D eigenvalue weighted by atomic mass is 19.3. The fraction of sp³-hybridized carbons (Fsp3) is 0.188. The van der Waals surface area contributed by atoms with Crippen molar-refractivity contribution in [3.8, 4) is 5.75 Å². The van der Waals surface area contributed by atoms with Crippen LogP contribution in [0.4, 0.5) is 14.5 Å². The Labute approximate surface area is 121 Å². The summed E-state index contributed by atoms with van der Waals surface area (Å²) < 4.78 is 28.3. The zero-order valence-corrected chi connectivity index (χ0v) is 11.7. The van der Waals surface area contributed by atoms with Gasteiger partial charge in [-0.05, 0) is 49.7 Å². The van der Waals surface area contributed by atoms with Crippen LogP contribution in [0.1, 0.15) is 21.5 Å². The number of alkyl halides is 2. The third-order valence-corrected chi connectivity index (χ3v) is 2.97. The molecule has 0 bridgehead atoms. The molecule has 0 aliphatic rings. The molecule has 0 aliphatic heterocycles. The molecule has 0 radical (unpaired) electrons. The SMILES string of the molecule is Cc1ccc(NC(=O)c2ccc(OC(F)F)cc2)c(C)c1. The minimum Gasteiger partial charge on any atom is -0.435 e. The van der Waals surface area contributed by atoms with E-state index in [2.05, 4.69) is 10.1 Å². The summed E-state index contributed by atoms with van der Waals surface area (Å²) >= 11 is 0. The van der Waals surface area contributed by atoms with Gasteiger partial charge < -0.3 is 10.1 Å². The number of carbonyl (C=O) groups is 1. The lowest BCUT2D eigenvalue weighted by atomic mass is 10.1. The largest absolute Gasteiger partial charge is 0.435 e. The minimum atomic E-state index is -2.88. The second-order valence-electron chi connectivity index (χ2n) is 4.68. The van der Waals surface area contributed by atoms with Crippen LogP contribution in [-0.2, 0) is 0 Å². The maximum atomic E-state index is 12.1. The van der Waals surface area contributed by atoms with E-state index in [0.717, 1.165) is 16.8 Å². The van der Waals surface area contributed by atoms with Gasteiger partial charge in [-0.25, -0.2) is 0 Å². The molecule has 0 spiro atoms. The van der Waals surface area contributed by atoms with E-state index < -0.39 is 6.61 Å². The lowest BCUT2D eigenvalue weighted by molar-refractivity contribution is -0.0498. The fourth-order valence-corrected chi connectivity index (χ4v) is 1.94. The second kappa shape index (κ2) is 6.35. The van der Waals surface area contributed by atoms with E-state index in [9.17, 15) is 13.6 Å². The van der Waals surface area contributed by atoms with Gasteiger partial charge in [0.25, 0.3) is 5.91 Å². The van der Waals surface area contributed by atoms with Crippen molar-refractivity contribution in [1.29, 1.82) is 0 Å². The molecule has 0 aromatic heterocycles. The molecule has 1 N–H and O–H groups in total. The van der Waals surface area contributed by atoms with Crippen molar-refractivity contribution in [2.45, 2.75) is 20.5 Å². The Balaban J connectivity index is 2.09. The molecule has 2 rings (SSSR count). The van der Waals surface area contributed by atoms with Crippen LogP contribution in [0.25, 0.3) is 0 Å². The Hall–Kier alpha value is -2.43. The van der Waals surface area contributed by atoms with Gasteiger partial charge in [-0.2, -0.15) is 8.78 Å². The molecule has 0 saturated carbocycles. The summed E-state index contributed by atoms with van der Waals surface area (Å²) in [5.74, 6) is -0.279. The van der Waals surface area contributed by atoms with Crippen molar-refractivity contribution in [3.63, 3.8) is 0 Å². The third-order valence-electron chi connectivity index (χ3n) is 2.97. The van der Waals surface area contributed by atoms with E-state index in [1.54, 1.807) is 0 Å². The highest BCUT2D eigenvalue weighted by Crippen LogP contribution is 2.19. The van der Waals surface area contributed by atoms with Gasteiger partial charge in [0.05, 0.1) is 0 Å². The quantitative estimate of drug-likeness (QED) is 0.918. The first kappa shape index (κ1) is 15.0. The number of amides is 1. The molecule has 0 saturated heterocycles. The van der Waals surface area contributed by atoms with Gasteiger partial charge in [-0.1, -0.05) is 17.7 Å². The van der Waals surface area contributed by atoms with E-state index in [4.69, 9.17) is 0 Å². The number of anilines is 1. The molecule has 0 fully saturated rings. The smallest absolute Gasteiger partial charge is 0.387 e. The first-order valence-corrected chi connectivity index (χ1v) is 6.39. The molecule has 110 valence electrons. The number of benzene rings is 2. The highest BCUT2D eigenvalue weighted by Gasteiger charge is 2.09. The number of hydrogen-bond acceptors (Lipinski definition) is 2. The zero-order valence-electron chi connectivity index (χ0n) is 11.7. The Bertz CT molecular complexity index is 639. The Morgan fingerprint density at radius 1 is 1.10 bits per heavy atom. The van der Waals surface area contributed by atoms with Crippen molar-refractivity contribution < 1.29 is 18.3 Å². The van der Waals surface area contributed by atoms with Crippen LogP contribution >= 0.6 is 0 Å². The summed E-state index contributed by atoms with van der Waals surface area (Å²) in [6.07, 6.45) is 0. The highest BCUT2D eigenvalue weighted by molar-refractivity contribution is 6.04. The van der Waals surface area contributed by atoms with Gasteiger partial charge in [0.2, 0.25) is 0 Å². The van der Waals surface area contributed by atoms with Gasteiger partial charge in [-0.15, -0.1) is 0 Å². The molecule has 3 nitrogen and oxygen atoms in total. The molecule has 1 amide bonds. The van der Waals surface area contributed by atoms with Crippen LogP contribution in [0.2, 0.25) is 0 Å². The second-order valence-corrected chi connectivity index (χ2v) is 4.68. The van der Waals surface area contributed by atoms with Crippen LogP contribution in [0.5, 0.6) is 5.75 Å². The normalized spacial score (nSPS) is 10.5. The van der Waals surface area contributed by atoms with Gasteiger partial charge >= 0.3 is 6.61 Å². The summed E-state index contributed by atoms with van der Waals surface area (Å²) in [4.78, 5) is 12.1. The van der Waals surface area contributed by atoms with Crippen molar-refractivity contribution in [2.24, 2.45) is 0 Å². The Kier molecular flexibility index (Phi) is 4.52. The van der Waals surface area contributed by atoms with Crippen LogP contribution in [0.3, 0.4) is 0 Å². The number of halogens is 2. The first-order chi connectivity index (χ1) is 9.95. The van der Waals surface area contributed by atoms with Crippen LogP contribution in [0, 0.1) is 13.8 Å². The van der Waals surface area contributed by atoms with E-state index in [1.807, 2.05) is 32.0 Å². The molecule has 0 atom stereocenters. The number of aryl methyl sites for hydroxylation is 2. The molecular formula is C16H15F2NO2. The number of carbonyl (C=O) groups excluding carboxylic acids is 1. The monoisotopic (exact) mass is 291 g/mol. The topological polar surface area (TPSA) is 38.3 Å². The Morgan fingerprint density at radius 2 is 1.76 bits per heavy atom. The van der Waals surface area contributed by atoms with Gasteiger partial charge in [0.15, 0.2) is 0 Å². The third kappa shape index (κ3) is 4.02. The van der Waals surface area contributed by atoms with Crippen molar-refractivity contribution in [3.05, 3.63) is 59.2 Å². The molecule has 21 heavy (non-hydrogen) atoms. The van der Waals surface area contributed by atoms with Crippen molar-refractivity contribution >= 4 is 11.6 Å². The lowest BCUT2D eigenvalue weighted by Gasteiger charge is -2.10. The summed E-state index contributed by atoms with van der Waals surface area (Å²) in [6.45, 7) is 1.00. The maximum absolute atomic E-state index is 12.1. The molecule has 0 heterocycles. The lowest BCUT2D eigenvalue weighted by Crippen LogP contribution is -2.12. The van der Waals surface area contributed by atoms with E-state index in [-0.39, 0.29) is 11.7 Å². The predicted octanol–water partition coefficient (Wildman–Crippen LogP) is 4.16. The van der Waals surface area contributed by atoms with Crippen LogP contribution < -0.4 is 10.1 Å². The van der Waals surface area contributed by atoms with E-state index >= 15 is 0 Å². The number of hydrogen-bond donors (Lipinski definition) is 1. The molecular weight excluding hydrogens is 276 g/mol. The number of rotatable bonds is 4. The van der Waals surface area contributed by atoms with Crippen LogP contribution in [0.15, 0.2) is 42.5 Å². The summed E-state index contributed by atoms with van der Waals surface area (Å²) in [7, 11) is 0. The van der Waals surface area contributed by atoms with Gasteiger partial charge in [0.1, 0.15) is 5.75 Å². The number of ether oxygens (including phenoxy) is 1. The molecule has 0 aliphatic carbocycles. The minimum absolute atomic E-state index is 0.0214. The summed E-state index contributed by atoms with van der Waals surface area (Å²) in [5.41, 5.74) is 3.16. The van der Waals surface area contributed by atoms with Gasteiger partial charge in [-0.3, -0.25) is 4.79 Å². The van der Waals surface area contributed by atoms with Crippen LogP contribution in [-0.4, -0.2) is 12.5 Å². The zero-order chi connectivity index (χ0) is 15.4. The maximum Gasteiger partial charge on any atom is 0.387 e. The average Bonchev–Trinajstić information content (AvgIpc) is 2.42. The van der Waals surface area contributed by atoms with Crippen molar-refractivity contribution in [2.75, 3.05) is 5.32 Å². The van der Waals surface area contributed by atoms with Crippen molar-refractivity contribution in [1.82, 2.24) is 0 Å². The summed E-state index contributed by atoms with van der Waals surface area (Å²) in [5, 5.41) is 2.79. The van der Waals surface area contributed by atoms with E-state index in [1.165, 1.54) is 24.3 Å². The first-order valence-electron chi connectivity index (χ1n) is 6.39. The van der Waals surface area contributed by atoms with E-state index in [0.29, 0.717) is 5.56 Å². The number of nitrogens with one attached hydrogen (secondary N) is 1. The molecule has 2 aromatic carbocycles. The van der Waals surface area contributed by atoms with Gasteiger partial charge in [0, 0.05) is 11.3 Å². The average molecular weight is 291 g/mol. The summed E-state index contributed by atoms with van der Waals surface area (Å²) in [6, 6.07) is 11.3. The Morgan fingerprint density at radius 3 is 2.33 bits per heavy atom.